The molecule has 0 radical (unpaired) electrons. The molecule has 0 unspecified atom stereocenters. The fraction of sp³-hybridized carbons (Fsp3) is 0.355. The molecule has 0 aliphatic carbocycles. The van der Waals surface area contributed by atoms with E-state index in [1.807, 2.05) is 58.9 Å². The van der Waals surface area contributed by atoms with Crippen LogP contribution in [0.3, 0.4) is 0 Å². The first-order valence-corrected chi connectivity index (χ1v) is 14.9. The van der Waals surface area contributed by atoms with Gasteiger partial charge in [0.2, 0.25) is 11.8 Å². The molecule has 0 aliphatic rings. The number of anilines is 1. The van der Waals surface area contributed by atoms with Crippen LogP contribution in [0.15, 0.2) is 77.7 Å². The summed E-state index contributed by atoms with van der Waals surface area (Å²) >= 11 is 0. The molecule has 0 saturated heterocycles. The molecule has 0 fully saturated rings. The fourth-order valence-corrected chi connectivity index (χ4v) is 5.72. The zero-order chi connectivity index (χ0) is 29.4. The first-order chi connectivity index (χ1) is 19.0. The minimum atomic E-state index is -4.25. The first-order valence-electron chi connectivity index (χ1n) is 13.5. The van der Waals surface area contributed by atoms with Gasteiger partial charge in [0.1, 0.15) is 18.4 Å². The number of nitrogens with zero attached hydrogens (tertiary/aromatic N) is 2. The van der Waals surface area contributed by atoms with Crippen LogP contribution in [0.2, 0.25) is 0 Å². The highest BCUT2D eigenvalue weighted by Crippen LogP contribution is 2.26. The number of nitrogens with one attached hydrogen (secondary N) is 1. The van der Waals surface area contributed by atoms with Crippen molar-refractivity contribution in [2.75, 3.05) is 10.8 Å². The Hall–Kier alpha value is -3.72. The van der Waals surface area contributed by atoms with Crippen LogP contribution < -0.4 is 9.62 Å². The molecule has 7 nitrogen and oxygen atoms in total. The average molecular weight is 568 g/mol. The summed E-state index contributed by atoms with van der Waals surface area (Å²) in [6.45, 7) is 9.08. The summed E-state index contributed by atoms with van der Waals surface area (Å²) in [6.07, 6.45) is 1.07. The Bertz CT molecular complexity index is 1410. The standard InChI is InChI=1S/C31H38FN3O4S/c1-6-24(5)33-31(37)29(7-2)34(20-25-11-9-8-10-23(25)4)30(36)21-35(27-16-12-22(3)13-17-27)40(38,39)28-18-14-26(32)15-19-28/h8-19,24,29H,6-7,20-21H2,1-5H3,(H,33,37)/t24-,29+/m1/s1. The third-order valence-electron chi connectivity index (χ3n) is 6.99. The van der Waals surface area contributed by atoms with Crippen molar-refractivity contribution in [2.24, 2.45) is 0 Å². The summed E-state index contributed by atoms with van der Waals surface area (Å²) < 4.78 is 42.3. The van der Waals surface area contributed by atoms with E-state index < -0.39 is 34.3 Å². The second kappa shape index (κ2) is 13.6. The van der Waals surface area contributed by atoms with Crippen LogP contribution >= 0.6 is 0 Å². The fourth-order valence-electron chi connectivity index (χ4n) is 4.31. The van der Waals surface area contributed by atoms with Crippen molar-refractivity contribution in [3.8, 4) is 0 Å². The lowest BCUT2D eigenvalue weighted by Crippen LogP contribution is -2.53. The number of halogens is 1. The lowest BCUT2D eigenvalue weighted by molar-refractivity contribution is -0.140. The summed E-state index contributed by atoms with van der Waals surface area (Å²) in [7, 11) is -4.25. The molecule has 3 aromatic carbocycles. The number of aryl methyl sites for hydroxylation is 2. The zero-order valence-corrected chi connectivity index (χ0v) is 24.5. The number of carbonyl (C=O) groups is 2. The third kappa shape index (κ3) is 7.47. The predicted octanol–water partition coefficient (Wildman–Crippen LogP) is 5.36. The second-order valence-corrected chi connectivity index (χ2v) is 11.9. The van der Waals surface area contributed by atoms with E-state index in [0.717, 1.165) is 39.5 Å². The maximum atomic E-state index is 14.1. The van der Waals surface area contributed by atoms with Gasteiger partial charge in [0.05, 0.1) is 10.6 Å². The molecule has 0 heterocycles. The van der Waals surface area contributed by atoms with Crippen LogP contribution in [0.4, 0.5) is 10.1 Å². The van der Waals surface area contributed by atoms with Gasteiger partial charge in [-0.05, 0) is 81.1 Å². The lowest BCUT2D eigenvalue weighted by Gasteiger charge is -2.34. The van der Waals surface area contributed by atoms with Crippen LogP contribution in [0.25, 0.3) is 0 Å². The molecule has 0 aromatic heterocycles. The van der Waals surface area contributed by atoms with E-state index in [-0.39, 0.29) is 29.1 Å². The summed E-state index contributed by atoms with van der Waals surface area (Å²) in [4.78, 5) is 28.7. The SMILES string of the molecule is CC[C@@H](C)NC(=O)[C@H](CC)N(Cc1ccccc1C)C(=O)CN(c1ccc(C)cc1)S(=O)(=O)c1ccc(F)cc1. The highest BCUT2D eigenvalue weighted by Gasteiger charge is 2.34. The molecule has 0 saturated carbocycles. The van der Waals surface area contributed by atoms with Gasteiger partial charge in [-0.2, -0.15) is 0 Å². The second-order valence-electron chi connectivity index (χ2n) is 9.99. The van der Waals surface area contributed by atoms with Crippen molar-refractivity contribution in [3.63, 3.8) is 0 Å². The number of hydrogen-bond acceptors (Lipinski definition) is 4. The van der Waals surface area contributed by atoms with Gasteiger partial charge in [-0.15, -0.1) is 0 Å². The molecular weight excluding hydrogens is 529 g/mol. The Morgan fingerprint density at radius 2 is 1.52 bits per heavy atom. The van der Waals surface area contributed by atoms with E-state index in [2.05, 4.69) is 5.32 Å². The van der Waals surface area contributed by atoms with Crippen molar-refractivity contribution in [1.29, 1.82) is 0 Å². The van der Waals surface area contributed by atoms with Crippen LogP contribution in [-0.2, 0) is 26.2 Å². The minimum Gasteiger partial charge on any atom is -0.352 e. The van der Waals surface area contributed by atoms with Crippen LogP contribution in [0, 0.1) is 19.7 Å². The number of carbonyl (C=O) groups excluding carboxylic acids is 2. The number of amides is 2. The number of sulfonamides is 1. The topological polar surface area (TPSA) is 86.8 Å². The average Bonchev–Trinajstić information content (AvgIpc) is 2.93. The molecule has 2 atom stereocenters. The molecule has 40 heavy (non-hydrogen) atoms. The maximum Gasteiger partial charge on any atom is 0.264 e. The van der Waals surface area contributed by atoms with Gasteiger partial charge in [0, 0.05) is 12.6 Å². The molecule has 1 N–H and O–H groups in total. The zero-order valence-electron chi connectivity index (χ0n) is 23.7. The minimum absolute atomic E-state index is 0.0834. The number of rotatable bonds is 12. The van der Waals surface area contributed by atoms with E-state index in [1.54, 1.807) is 24.3 Å². The summed E-state index contributed by atoms with van der Waals surface area (Å²) in [5.74, 6) is -1.39. The molecule has 0 bridgehead atoms. The summed E-state index contributed by atoms with van der Waals surface area (Å²) in [6, 6.07) is 17.9. The summed E-state index contributed by atoms with van der Waals surface area (Å²) in [5.41, 5.74) is 3.01. The molecule has 2 amide bonds. The van der Waals surface area contributed by atoms with Gasteiger partial charge in [-0.1, -0.05) is 55.8 Å². The smallest absolute Gasteiger partial charge is 0.264 e. The number of hydrogen-bond donors (Lipinski definition) is 1. The first kappa shape index (κ1) is 30.8. The van der Waals surface area contributed by atoms with Crippen LogP contribution in [0.1, 0.15) is 50.3 Å². The van der Waals surface area contributed by atoms with E-state index in [0.29, 0.717) is 6.42 Å². The van der Waals surface area contributed by atoms with Crippen molar-refractivity contribution in [2.45, 2.75) is 71.0 Å². The Balaban J connectivity index is 2.06. The molecule has 214 valence electrons. The van der Waals surface area contributed by atoms with Gasteiger partial charge in [0.25, 0.3) is 10.0 Å². The van der Waals surface area contributed by atoms with Gasteiger partial charge in [0.15, 0.2) is 0 Å². The van der Waals surface area contributed by atoms with Gasteiger partial charge in [-0.3, -0.25) is 13.9 Å². The highest BCUT2D eigenvalue weighted by atomic mass is 32.2. The van der Waals surface area contributed by atoms with E-state index >= 15 is 0 Å². The maximum absolute atomic E-state index is 14.1. The van der Waals surface area contributed by atoms with Crippen molar-refractivity contribution in [1.82, 2.24) is 10.2 Å². The number of benzene rings is 3. The van der Waals surface area contributed by atoms with Gasteiger partial charge >= 0.3 is 0 Å². The Morgan fingerprint density at radius 3 is 2.10 bits per heavy atom. The van der Waals surface area contributed by atoms with Crippen molar-refractivity contribution in [3.05, 3.63) is 95.3 Å². The van der Waals surface area contributed by atoms with E-state index in [1.165, 1.54) is 17.0 Å². The van der Waals surface area contributed by atoms with Crippen molar-refractivity contribution < 1.29 is 22.4 Å². The predicted molar refractivity (Wildman–Crippen MR) is 156 cm³/mol. The molecular formula is C31H38FN3O4S. The normalized spacial score (nSPS) is 12.8. The quantitative estimate of drug-likeness (QED) is 0.319. The van der Waals surface area contributed by atoms with Crippen LogP contribution in [0.5, 0.6) is 0 Å². The largest absolute Gasteiger partial charge is 0.352 e. The van der Waals surface area contributed by atoms with Crippen LogP contribution in [-0.4, -0.2) is 43.8 Å². The van der Waals surface area contributed by atoms with E-state index in [4.69, 9.17) is 0 Å². The third-order valence-corrected chi connectivity index (χ3v) is 8.78. The molecule has 0 aliphatic heterocycles. The Labute approximate surface area is 237 Å². The Morgan fingerprint density at radius 1 is 0.900 bits per heavy atom. The van der Waals surface area contributed by atoms with Gasteiger partial charge in [-0.25, -0.2) is 12.8 Å². The molecule has 0 spiro atoms. The van der Waals surface area contributed by atoms with Gasteiger partial charge < -0.3 is 10.2 Å². The highest BCUT2D eigenvalue weighted by molar-refractivity contribution is 7.92. The van der Waals surface area contributed by atoms with E-state index in [9.17, 15) is 22.4 Å². The Kier molecular flexibility index (Phi) is 10.5. The monoisotopic (exact) mass is 567 g/mol. The molecule has 3 rings (SSSR count). The summed E-state index contributed by atoms with van der Waals surface area (Å²) in [5, 5.41) is 2.97. The molecule has 3 aromatic rings. The van der Waals surface area contributed by atoms with Crippen molar-refractivity contribution >= 4 is 27.5 Å². The lowest BCUT2D eigenvalue weighted by atomic mass is 10.1. The molecule has 9 heteroatoms.